The van der Waals surface area contributed by atoms with Crippen molar-refractivity contribution in [2.45, 2.75) is 13.3 Å². The van der Waals surface area contributed by atoms with Gasteiger partial charge in [-0.05, 0) is 13.3 Å². The average molecular weight is 242 g/mol. The van der Waals surface area contributed by atoms with E-state index >= 15 is 0 Å². The number of aliphatic hydroxyl groups is 1. The lowest BCUT2D eigenvalue weighted by molar-refractivity contribution is 0.289. The van der Waals surface area contributed by atoms with E-state index in [-0.39, 0.29) is 18.1 Å². The number of halogens is 1. The molecule has 0 radical (unpaired) electrons. The summed E-state index contributed by atoms with van der Waals surface area (Å²) < 4.78 is 18.9. The fourth-order valence-electron chi connectivity index (χ4n) is 1.69. The molecule has 1 rings (SSSR count). The summed E-state index contributed by atoms with van der Waals surface area (Å²) in [6.07, 6.45) is 0.597. The third-order valence-corrected chi connectivity index (χ3v) is 2.61. The highest BCUT2D eigenvalue weighted by Crippen LogP contribution is 2.30. The largest absolute Gasteiger partial charge is 0.495 e. The van der Waals surface area contributed by atoms with Crippen LogP contribution in [-0.4, -0.2) is 31.9 Å². The van der Waals surface area contributed by atoms with Gasteiger partial charge in [-0.25, -0.2) is 4.39 Å². The van der Waals surface area contributed by atoms with E-state index in [1.54, 1.807) is 6.07 Å². The maximum atomic E-state index is 13.8. The van der Waals surface area contributed by atoms with Crippen LogP contribution in [0.1, 0.15) is 13.3 Å². The number of ether oxygens (including phenoxy) is 1. The lowest BCUT2D eigenvalue weighted by atomic mass is 10.2. The predicted molar refractivity (Wildman–Crippen MR) is 67.0 cm³/mol. The Kier molecular flexibility index (Phi) is 5.03. The molecule has 17 heavy (non-hydrogen) atoms. The van der Waals surface area contributed by atoms with E-state index in [0.717, 1.165) is 0 Å². The summed E-state index contributed by atoms with van der Waals surface area (Å²) in [6, 6.07) is 2.85. The van der Waals surface area contributed by atoms with Gasteiger partial charge in [-0.2, -0.15) is 0 Å². The van der Waals surface area contributed by atoms with Gasteiger partial charge in [0.25, 0.3) is 0 Å². The Morgan fingerprint density at radius 3 is 2.71 bits per heavy atom. The minimum Gasteiger partial charge on any atom is -0.495 e. The first-order valence-electron chi connectivity index (χ1n) is 5.62. The fraction of sp³-hybridized carbons (Fsp3) is 0.500. The van der Waals surface area contributed by atoms with Crippen molar-refractivity contribution in [3.63, 3.8) is 0 Å². The summed E-state index contributed by atoms with van der Waals surface area (Å²) in [5, 5.41) is 8.81. The fourth-order valence-corrected chi connectivity index (χ4v) is 1.69. The number of aliphatic hydroxyl groups excluding tert-OH is 1. The van der Waals surface area contributed by atoms with Gasteiger partial charge in [0.1, 0.15) is 11.6 Å². The van der Waals surface area contributed by atoms with Gasteiger partial charge in [0.05, 0.1) is 18.5 Å². The van der Waals surface area contributed by atoms with Crippen LogP contribution < -0.4 is 15.4 Å². The molecular formula is C12H19FN2O2. The van der Waals surface area contributed by atoms with Crippen LogP contribution in [0.15, 0.2) is 12.1 Å². The number of rotatable bonds is 6. The minimum absolute atomic E-state index is 0.0875. The van der Waals surface area contributed by atoms with Crippen LogP contribution in [-0.2, 0) is 0 Å². The molecule has 0 aliphatic carbocycles. The lowest BCUT2D eigenvalue weighted by Crippen LogP contribution is -2.25. The van der Waals surface area contributed by atoms with Gasteiger partial charge in [0.2, 0.25) is 0 Å². The van der Waals surface area contributed by atoms with Crippen LogP contribution >= 0.6 is 0 Å². The molecular weight excluding hydrogens is 223 g/mol. The van der Waals surface area contributed by atoms with Crippen molar-refractivity contribution in [1.82, 2.24) is 0 Å². The van der Waals surface area contributed by atoms with Crippen molar-refractivity contribution in [3.05, 3.63) is 17.9 Å². The molecule has 1 aromatic rings. The Balaban J connectivity index is 3.01. The molecule has 0 atom stereocenters. The normalized spacial score (nSPS) is 10.4. The van der Waals surface area contributed by atoms with Gasteiger partial charge in [-0.3, -0.25) is 0 Å². The van der Waals surface area contributed by atoms with Gasteiger partial charge < -0.3 is 20.5 Å². The van der Waals surface area contributed by atoms with Gasteiger partial charge >= 0.3 is 0 Å². The smallest absolute Gasteiger partial charge is 0.148 e. The Bertz CT molecular complexity index is 372. The van der Waals surface area contributed by atoms with E-state index < -0.39 is 0 Å². The standard InChI is InChI=1S/C12H19FN2O2/c1-3-15(5-4-6-16)11-8-12(17-2)10(14)7-9(11)13/h7-8,16H,3-6,14H2,1-2H3. The molecule has 0 saturated heterocycles. The summed E-state index contributed by atoms with van der Waals surface area (Å²) in [5.41, 5.74) is 6.35. The van der Waals surface area contributed by atoms with Gasteiger partial charge in [-0.15, -0.1) is 0 Å². The van der Waals surface area contributed by atoms with E-state index in [0.29, 0.717) is 30.9 Å². The van der Waals surface area contributed by atoms with Crippen molar-refractivity contribution >= 4 is 11.4 Å². The molecule has 96 valence electrons. The van der Waals surface area contributed by atoms with Crippen LogP contribution in [0.4, 0.5) is 15.8 Å². The van der Waals surface area contributed by atoms with E-state index in [9.17, 15) is 4.39 Å². The zero-order valence-corrected chi connectivity index (χ0v) is 10.2. The summed E-state index contributed by atoms with van der Waals surface area (Å²) in [7, 11) is 1.50. The third kappa shape index (κ3) is 3.23. The molecule has 0 amide bonds. The van der Waals surface area contributed by atoms with Gasteiger partial charge in [-0.1, -0.05) is 0 Å². The number of nitrogens with two attached hydrogens (primary N) is 1. The van der Waals surface area contributed by atoms with E-state index in [2.05, 4.69) is 0 Å². The average Bonchev–Trinajstić information content (AvgIpc) is 2.32. The highest BCUT2D eigenvalue weighted by atomic mass is 19.1. The molecule has 0 bridgehead atoms. The van der Waals surface area contributed by atoms with Crippen LogP contribution in [0.3, 0.4) is 0 Å². The molecule has 0 saturated carbocycles. The number of benzene rings is 1. The van der Waals surface area contributed by atoms with E-state index in [1.165, 1.54) is 13.2 Å². The zero-order valence-electron chi connectivity index (χ0n) is 10.2. The summed E-state index contributed by atoms with van der Waals surface area (Å²) in [4.78, 5) is 1.84. The van der Waals surface area contributed by atoms with Gasteiger partial charge in [0.15, 0.2) is 0 Å². The monoisotopic (exact) mass is 242 g/mol. The quantitative estimate of drug-likeness (QED) is 0.744. The number of hydrogen-bond donors (Lipinski definition) is 2. The molecule has 4 nitrogen and oxygen atoms in total. The van der Waals surface area contributed by atoms with Crippen molar-refractivity contribution < 1.29 is 14.2 Å². The molecule has 0 aromatic heterocycles. The van der Waals surface area contributed by atoms with Crippen molar-refractivity contribution in [3.8, 4) is 5.75 Å². The highest BCUT2D eigenvalue weighted by molar-refractivity contribution is 5.63. The minimum atomic E-state index is -0.372. The molecule has 0 aliphatic heterocycles. The summed E-state index contributed by atoms with van der Waals surface area (Å²) in [5.74, 6) is 0.0898. The lowest BCUT2D eigenvalue weighted by Gasteiger charge is -2.24. The Morgan fingerprint density at radius 2 is 2.18 bits per heavy atom. The zero-order chi connectivity index (χ0) is 12.8. The SMILES string of the molecule is CCN(CCCO)c1cc(OC)c(N)cc1F. The molecule has 1 aromatic carbocycles. The second kappa shape index (κ2) is 6.30. The molecule has 0 unspecified atom stereocenters. The number of anilines is 2. The Labute approximate surface area is 101 Å². The first-order chi connectivity index (χ1) is 8.13. The number of nitrogens with zero attached hydrogens (tertiary/aromatic N) is 1. The van der Waals surface area contributed by atoms with Crippen molar-refractivity contribution in [1.29, 1.82) is 0 Å². The molecule has 0 fully saturated rings. The van der Waals surface area contributed by atoms with Crippen LogP contribution in [0.25, 0.3) is 0 Å². The van der Waals surface area contributed by atoms with Crippen molar-refractivity contribution in [2.24, 2.45) is 0 Å². The summed E-state index contributed by atoms with van der Waals surface area (Å²) >= 11 is 0. The second-order valence-electron chi connectivity index (χ2n) is 3.70. The van der Waals surface area contributed by atoms with Crippen molar-refractivity contribution in [2.75, 3.05) is 37.4 Å². The van der Waals surface area contributed by atoms with Gasteiger partial charge in [0, 0.05) is 31.8 Å². The topological polar surface area (TPSA) is 58.7 Å². The summed E-state index contributed by atoms with van der Waals surface area (Å²) in [6.45, 7) is 3.27. The van der Waals surface area contributed by atoms with Crippen LogP contribution in [0, 0.1) is 5.82 Å². The van der Waals surface area contributed by atoms with Crippen LogP contribution in [0.5, 0.6) is 5.75 Å². The number of hydrogen-bond acceptors (Lipinski definition) is 4. The first kappa shape index (κ1) is 13.6. The number of methoxy groups -OCH3 is 1. The number of nitrogen functional groups attached to an aromatic ring is 1. The maximum absolute atomic E-state index is 13.8. The molecule has 5 heteroatoms. The highest BCUT2D eigenvalue weighted by Gasteiger charge is 2.13. The first-order valence-corrected chi connectivity index (χ1v) is 5.62. The molecule has 0 heterocycles. The van der Waals surface area contributed by atoms with E-state index in [1.807, 2.05) is 11.8 Å². The Morgan fingerprint density at radius 1 is 1.47 bits per heavy atom. The molecule has 3 N–H and O–H groups in total. The van der Waals surface area contributed by atoms with Crippen LogP contribution in [0.2, 0.25) is 0 Å². The Hall–Kier alpha value is -1.49. The molecule has 0 spiro atoms. The molecule has 0 aliphatic rings. The maximum Gasteiger partial charge on any atom is 0.148 e. The predicted octanol–water partition coefficient (Wildman–Crippen LogP) is 1.63. The second-order valence-corrected chi connectivity index (χ2v) is 3.70. The third-order valence-electron chi connectivity index (χ3n) is 2.61. The van der Waals surface area contributed by atoms with E-state index in [4.69, 9.17) is 15.6 Å².